The molecule has 38 heavy (non-hydrogen) atoms. The maximum atomic E-state index is 2.76. The summed E-state index contributed by atoms with van der Waals surface area (Å²) in [5, 5.41) is 7.89. The van der Waals surface area contributed by atoms with Gasteiger partial charge in [-0.15, -0.1) is 0 Å². The van der Waals surface area contributed by atoms with Crippen molar-refractivity contribution in [3.63, 3.8) is 0 Å². The second-order valence-corrected chi connectivity index (χ2v) is 12.0. The van der Waals surface area contributed by atoms with Gasteiger partial charge in [-0.2, -0.15) is 0 Å². The highest BCUT2D eigenvalue weighted by molar-refractivity contribution is 7.70. The Hall–Kier alpha value is -3.77. The van der Waals surface area contributed by atoms with Crippen LogP contribution in [0.4, 0.5) is 0 Å². The zero-order chi connectivity index (χ0) is 25.9. The molecular formula is C36H32NP. The molecule has 0 aliphatic carbocycles. The van der Waals surface area contributed by atoms with E-state index in [9.17, 15) is 0 Å². The molecule has 0 spiro atoms. The normalized spacial score (nSPS) is 13.3. The monoisotopic (exact) mass is 509 g/mol. The molecule has 0 saturated carbocycles. The van der Waals surface area contributed by atoms with Crippen molar-refractivity contribution in [2.24, 2.45) is 0 Å². The second-order valence-electron chi connectivity index (χ2n) is 9.93. The van der Waals surface area contributed by atoms with Gasteiger partial charge in [-0.25, -0.2) is 0 Å². The Morgan fingerprint density at radius 3 is 1.21 bits per heavy atom. The quantitative estimate of drug-likeness (QED) is 0.194. The van der Waals surface area contributed by atoms with Crippen LogP contribution in [-0.4, -0.2) is 4.67 Å². The maximum Gasteiger partial charge on any atom is 0.0368 e. The smallest absolute Gasteiger partial charge is 0.0368 e. The Morgan fingerprint density at radius 2 is 0.789 bits per heavy atom. The summed E-state index contributed by atoms with van der Waals surface area (Å²) in [5.41, 5.74) is 2.67. The summed E-state index contributed by atoms with van der Waals surface area (Å²) in [6.07, 6.45) is 0. The zero-order valence-corrected chi connectivity index (χ0v) is 22.8. The van der Waals surface area contributed by atoms with Crippen molar-refractivity contribution in [2.45, 2.75) is 25.9 Å². The highest BCUT2D eigenvalue weighted by Gasteiger charge is 2.32. The van der Waals surface area contributed by atoms with Crippen molar-refractivity contribution in [1.29, 1.82) is 0 Å². The van der Waals surface area contributed by atoms with Crippen LogP contribution in [0.3, 0.4) is 0 Å². The van der Waals surface area contributed by atoms with Crippen LogP contribution in [0.5, 0.6) is 0 Å². The predicted molar refractivity (Wildman–Crippen MR) is 166 cm³/mol. The first-order chi connectivity index (χ1) is 18.7. The van der Waals surface area contributed by atoms with Gasteiger partial charge in [0.2, 0.25) is 0 Å². The van der Waals surface area contributed by atoms with E-state index in [0.717, 1.165) is 0 Å². The maximum absolute atomic E-state index is 2.76. The van der Waals surface area contributed by atoms with Gasteiger partial charge in [-0.05, 0) is 69.3 Å². The molecule has 0 aliphatic rings. The zero-order valence-electron chi connectivity index (χ0n) is 21.9. The van der Waals surface area contributed by atoms with Crippen LogP contribution < -0.4 is 10.6 Å². The molecule has 0 unspecified atom stereocenters. The van der Waals surface area contributed by atoms with E-state index in [1.165, 1.54) is 43.3 Å². The molecule has 0 radical (unpaired) electrons. The number of hydrogen-bond acceptors (Lipinski definition) is 1. The Morgan fingerprint density at radius 1 is 0.421 bits per heavy atom. The van der Waals surface area contributed by atoms with E-state index in [0.29, 0.717) is 0 Å². The summed E-state index contributed by atoms with van der Waals surface area (Å²) < 4.78 is 2.76. The predicted octanol–water partition coefficient (Wildman–Crippen LogP) is 9.17. The van der Waals surface area contributed by atoms with Crippen LogP contribution >= 0.6 is 8.07 Å². The molecule has 0 saturated heterocycles. The summed E-state index contributed by atoms with van der Waals surface area (Å²) in [6.45, 7) is 4.73. The van der Waals surface area contributed by atoms with Crippen molar-refractivity contribution in [3.8, 4) is 0 Å². The van der Waals surface area contributed by atoms with Gasteiger partial charge < -0.3 is 0 Å². The van der Waals surface area contributed by atoms with E-state index in [1.807, 2.05) is 0 Å². The lowest BCUT2D eigenvalue weighted by Crippen LogP contribution is -2.33. The molecule has 1 nitrogen and oxygen atoms in total. The third kappa shape index (κ3) is 4.88. The third-order valence-corrected chi connectivity index (χ3v) is 10.2. The lowest BCUT2D eigenvalue weighted by molar-refractivity contribution is 0.303. The summed E-state index contributed by atoms with van der Waals surface area (Å²) in [4.78, 5) is 0. The first kappa shape index (κ1) is 24.6. The first-order valence-electron chi connectivity index (χ1n) is 13.3. The Labute approximate surface area is 227 Å². The molecule has 0 aliphatic heterocycles. The van der Waals surface area contributed by atoms with Crippen molar-refractivity contribution < 1.29 is 0 Å². The largest absolute Gasteiger partial charge is 0.261 e. The molecule has 0 amide bonds. The second kappa shape index (κ2) is 10.9. The minimum atomic E-state index is -0.853. The summed E-state index contributed by atoms with van der Waals surface area (Å²) >= 11 is 0. The molecule has 0 fully saturated rings. The number of nitrogens with zero attached hydrogens (tertiary/aromatic N) is 1. The molecule has 186 valence electrons. The molecule has 0 heterocycles. The van der Waals surface area contributed by atoms with E-state index in [2.05, 4.69) is 164 Å². The standard InChI is InChI=1S/C36H32NP/c1-27(29-13-5-3-6-14-29)37(28(2)30-15-7-4-8-16-30)38(35-23-21-31-17-9-11-19-33(31)25-35)36-24-22-32-18-10-12-20-34(32)26-36/h3-28H,1-2H3/t27-,28-/m0/s1. The highest BCUT2D eigenvalue weighted by Crippen LogP contribution is 2.50. The van der Waals surface area contributed by atoms with Gasteiger partial charge in [0.1, 0.15) is 0 Å². The molecule has 2 heteroatoms. The van der Waals surface area contributed by atoms with Crippen LogP contribution in [0.15, 0.2) is 146 Å². The molecule has 6 aromatic carbocycles. The topological polar surface area (TPSA) is 3.24 Å². The third-order valence-electron chi connectivity index (χ3n) is 7.54. The average Bonchev–Trinajstić information content (AvgIpc) is 2.99. The highest BCUT2D eigenvalue weighted by atomic mass is 31.1. The number of benzene rings is 6. The minimum Gasteiger partial charge on any atom is -0.261 e. The van der Waals surface area contributed by atoms with Gasteiger partial charge in [0, 0.05) is 20.2 Å². The van der Waals surface area contributed by atoms with E-state index >= 15 is 0 Å². The van der Waals surface area contributed by atoms with Gasteiger partial charge in [0.25, 0.3) is 0 Å². The minimum absolute atomic E-state index is 0.218. The molecule has 0 bridgehead atoms. The van der Waals surface area contributed by atoms with Gasteiger partial charge in [0.15, 0.2) is 0 Å². The lowest BCUT2D eigenvalue weighted by atomic mass is 10.0. The van der Waals surface area contributed by atoms with E-state index < -0.39 is 8.07 Å². The molecule has 0 N–H and O–H groups in total. The van der Waals surface area contributed by atoms with E-state index in [1.54, 1.807) is 0 Å². The fourth-order valence-corrected chi connectivity index (χ4v) is 8.23. The fraction of sp³-hybridized carbons (Fsp3) is 0.111. The van der Waals surface area contributed by atoms with E-state index in [4.69, 9.17) is 0 Å². The van der Waals surface area contributed by atoms with Crippen LogP contribution in [0.1, 0.15) is 37.1 Å². The summed E-state index contributed by atoms with van der Waals surface area (Å²) in [5.74, 6) is 0. The van der Waals surface area contributed by atoms with Crippen molar-refractivity contribution in [3.05, 3.63) is 157 Å². The van der Waals surface area contributed by atoms with Gasteiger partial charge in [-0.1, -0.05) is 133 Å². The lowest BCUT2D eigenvalue weighted by Gasteiger charge is -2.42. The molecule has 0 aromatic heterocycles. The van der Waals surface area contributed by atoms with Crippen LogP contribution in [-0.2, 0) is 0 Å². The van der Waals surface area contributed by atoms with Crippen LogP contribution in [0.25, 0.3) is 21.5 Å². The van der Waals surface area contributed by atoms with Crippen LogP contribution in [0, 0.1) is 0 Å². The number of rotatable bonds is 7. The number of fused-ring (bicyclic) bond motifs is 2. The van der Waals surface area contributed by atoms with Gasteiger partial charge in [-0.3, -0.25) is 4.67 Å². The van der Waals surface area contributed by atoms with Gasteiger partial charge >= 0.3 is 0 Å². The number of hydrogen-bond donors (Lipinski definition) is 0. The molecule has 6 aromatic rings. The summed E-state index contributed by atoms with van der Waals surface area (Å²) in [7, 11) is -0.853. The summed E-state index contributed by atoms with van der Waals surface area (Å²) in [6, 6.07) is 53.9. The van der Waals surface area contributed by atoms with Crippen molar-refractivity contribution >= 4 is 40.2 Å². The van der Waals surface area contributed by atoms with E-state index in [-0.39, 0.29) is 12.1 Å². The molecular weight excluding hydrogens is 477 g/mol. The first-order valence-corrected chi connectivity index (χ1v) is 14.6. The van der Waals surface area contributed by atoms with Crippen LogP contribution in [0.2, 0.25) is 0 Å². The fourth-order valence-electron chi connectivity index (χ4n) is 5.48. The Bertz CT molecular complexity index is 1540. The Kier molecular flexibility index (Phi) is 7.06. The molecule has 2 atom stereocenters. The Balaban J connectivity index is 1.58. The van der Waals surface area contributed by atoms with Gasteiger partial charge in [0.05, 0.1) is 0 Å². The molecule has 6 rings (SSSR count). The average molecular weight is 510 g/mol. The van der Waals surface area contributed by atoms with Crippen molar-refractivity contribution in [1.82, 2.24) is 4.67 Å². The SMILES string of the molecule is C[C@@H](c1ccccc1)N([C@@H](C)c1ccccc1)P(c1ccc2ccccc2c1)c1ccc2ccccc2c1. The van der Waals surface area contributed by atoms with Crippen molar-refractivity contribution in [2.75, 3.05) is 0 Å².